The van der Waals surface area contributed by atoms with Crippen LogP contribution in [0.15, 0.2) is 133 Å². The Morgan fingerprint density at radius 2 is 1.15 bits per heavy atom. The Kier molecular flexibility index (Phi) is 4.67. The maximum absolute atomic E-state index is 2.60. The molecule has 0 saturated carbocycles. The number of benzene rings is 6. The van der Waals surface area contributed by atoms with Gasteiger partial charge in [-0.05, 0) is 76.2 Å². The van der Waals surface area contributed by atoms with Gasteiger partial charge in [-0.3, -0.25) is 0 Å². The zero-order valence-electron chi connectivity index (χ0n) is 21.8. The van der Waals surface area contributed by atoms with Gasteiger partial charge in [-0.1, -0.05) is 97.1 Å². The van der Waals surface area contributed by atoms with Crippen molar-refractivity contribution in [1.29, 1.82) is 0 Å². The van der Waals surface area contributed by atoms with E-state index in [1.54, 1.807) is 0 Å². The van der Waals surface area contributed by atoms with Crippen LogP contribution in [-0.4, -0.2) is 4.57 Å². The first-order valence-corrected chi connectivity index (χ1v) is 14.8. The van der Waals surface area contributed by atoms with Crippen LogP contribution >= 0.6 is 11.3 Å². The zero-order chi connectivity index (χ0) is 26.2. The molecule has 1 atom stereocenters. The number of para-hydroxylation sites is 1. The van der Waals surface area contributed by atoms with E-state index in [9.17, 15) is 0 Å². The Hall–Kier alpha value is -4.66. The molecule has 2 aromatic heterocycles. The number of fused-ring (bicyclic) bond motifs is 9. The molecular formula is C38H25NS. The number of rotatable bonds is 2. The molecule has 0 saturated heterocycles. The fraction of sp³-hybridized carbons (Fsp3) is 0.0526. The number of aromatic nitrogens is 1. The van der Waals surface area contributed by atoms with E-state index < -0.39 is 0 Å². The van der Waals surface area contributed by atoms with Gasteiger partial charge in [0, 0.05) is 42.0 Å². The van der Waals surface area contributed by atoms with E-state index in [0.717, 1.165) is 6.42 Å². The van der Waals surface area contributed by atoms with Crippen LogP contribution in [0.5, 0.6) is 0 Å². The molecule has 1 unspecified atom stereocenters. The van der Waals surface area contributed by atoms with Crippen molar-refractivity contribution in [3.8, 4) is 22.3 Å². The highest BCUT2D eigenvalue weighted by Crippen LogP contribution is 2.44. The highest BCUT2D eigenvalue weighted by atomic mass is 32.1. The first-order chi connectivity index (χ1) is 19.8. The Morgan fingerprint density at radius 3 is 2.08 bits per heavy atom. The fourth-order valence-corrected chi connectivity index (χ4v) is 8.05. The van der Waals surface area contributed by atoms with Crippen molar-refractivity contribution in [2.75, 3.05) is 0 Å². The topological polar surface area (TPSA) is 4.93 Å². The molecule has 0 amide bonds. The summed E-state index contributed by atoms with van der Waals surface area (Å²) in [4.78, 5) is 0. The second-order valence-corrected chi connectivity index (χ2v) is 12.0. The van der Waals surface area contributed by atoms with Crippen LogP contribution in [0, 0.1) is 0 Å². The quantitative estimate of drug-likeness (QED) is 0.211. The maximum Gasteiger partial charge on any atom is 0.0638 e. The van der Waals surface area contributed by atoms with Crippen molar-refractivity contribution in [2.45, 2.75) is 12.5 Å². The summed E-state index contributed by atoms with van der Waals surface area (Å²) in [5.74, 6) is 0. The minimum atomic E-state index is 0.243. The molecule has 6 aromatic carbocycles. The number of hydrogen-bond acceptors (Lipinski definition) is 1. The lowest BCUT2D eigenvalue weighted by Gasteiger charge is -2.30. The van der Waals surface area contributed by atoms with Gasteiger partial charge in [0.25, 0.3) is 0 Å². The summed E-state index contributed by atoms with van der Waals surface area (Å²) < 4.78 is 5.29. The third-order valence-corrected chi connectivity index (χ3v) is 9.92. The molecule has 1 aliphatic rings. The van der Waals surface area contributed by atoms with Crippen LogP contribution in [-0.2, 0) is 6.42 Å². The van der Waals surface area contributed by atoms with Crippen molar-refractivity contribution in [2.24, 2.45) is 0 Å². The lowest BCUT2D eigenvalue weighted by atomic mass is 9.82. The molecule has 0 spiro atoms. The summed E-state index contributed by atoms with van der Waals surface area (Å²) >= 11 is 1.88. The molecule has 8 aromatic rings. The minimum absolute atomic E-state index is 0.243. The number of thiophene rings is 1. The van der Waals surface area contributed by atoms with E-state index in [4.69, 9.17) is 0 Å². The highest BCUT2D eigenvalue weighted by molar-refractivity contribution is 7.25. The second-order valence-electron chi connectivity index (χ2n) is 10.9. The molecule has 2 heterocycles. The largest absolute Gasteiger partial charge is 0.332 e. The molecule has 40 heavy (non-hydrogen) atoms. The summed E-state index contributed by atoms with van der Waals surface area (Å²) in [5, 5.41) is 5.33. The van der Waals surface area contributed by atoms with Crippen LogP contribution < -0.4 is 0 Å². The SMILES string of the molecule is c1ccc2c(c1)CC(n1c3ccccc3c3cc(-c4ccc5sc6ccccc6c5c4)ccc31)c1ccccc1-2. The van der Waals surface area contributed by atoms with E-state index in [0.29, 0.717) is 0 Å². The summed E-state index contributed by atoms with van der Waals surface area (Å²) in [7, 11) is 0. The lowest BCUT2D eigenvalue weighted by Crippen LogP contribution is -2.18. The third kappa shape index (κ3) is 3.14. The van der Waals surface area contributed by atoms with Crippen molar-refractivity contribution < 1.29 is 0 Å². The minimum Gasteiger partial charge on any atom is -0.332 e. The van der Waals surface area contributed by atoms with Gasteiger partial charge < -0.3 is 4.57 Å². The van der Waals surface area contributed by atoms with Gasteiger partial charge in [-0.2, -0.15) is 0 Å². The van der Waals surface area contributed by atoms with Crippen molar-refractivity contribution in [3.05, 3.63) is 145 Å². The predicted octanol–water partition coefficient (Wildman–Crippen LogP) is 10.6. The lowest BCUT2D eigenvalue weighted by molar-refractivity contribution is 0.612. The predicted molar refractivity (Wildman–Crippen MR) is 171 cm³/mol. The molecule has 1 nitrogen and oxygen atoms in total. The Balaban J connectivity index is 1.26. The average Bonchev–Trinajstić information content (AvgIpc) is 3.55. The van der Waals surface area contributed by atoms with Crippen molar-refractivity contribution in [3.63, 3.8) is 0 Å². The van der Waals surface area contributed by atoms with E-state index in [1.807, 2.05) is 11.3 Å². The molecule has 0 N–H and O–H groups in total. The first kappa shape index (κ1) is 22.2. The van der Waals surface area contributed by atoms with Gasteiger partial charge >= 0.3 is 0 Å². The van der Waals surface area contributed by atoms with Crippen LogP contribution in [0.1, 0.15) is 17.2 Å². The summed E-state index contributed by atoms with van der Waals surface area (Å²) in [5.41, 5.74) is 10.7. The summed E-state index contributed by atoms with van der Waals surface area (Å²) in [6.45, 7) is 0. The van der Waals surface area contributed by atoms with Crippen LogP contribution in [0.25, 0.3) is 64.2 Å². The van der Waals surface area contributed by atoms with Gasteiger partial charge in [-0.25, -0.2) is 0 Å². The molecule has 0 aliphatic heterocycles. The standard InChI is InChI=1S/C38H25NS/c1-2-10-27-26(9-1)23-36(29-12-4-3-11-28(27)29)39-34-15-7-5-13-30(34)32-21-24(17-19-35(32)39)25-18-20-38-33(22-25)31-14-6-8-16-37(31)40-38/h1-22,36H,23H2. The Labute approximate surface area is 236 Å². The van der Waals surface area contributed by atoms with E-state index in [-0.39, 0.29) is 6.04 Å². The molecule has 1 aliphatic carbocycles. The van der Waals surface area contributed by atoms with Gasteiger partial charge in [-0.15, -0.1) is 11.3 Å². The second kappa shape index (κ2) is 8.42. The molecular weight excluding hydrogens is 502 g/mol. The van der Waals surface area contributed by atoms with Crippen LogP contribution in [0.2, 0.25) is 0 Å². The molecule has 9 rings (SSSR count). The Bertz CT molecular complexity index is 2260. The van der Waals surface area contributed by atoms with E-state index in [1.165, 1.54) is 75.4 Å². The van der Waals surface area contributed by atoms with E-state index in [2.05, 4.69) is 138 Å². The number of nitrogens with zero attached hydrogens (tertiary/aromatic N) is 1. The van der Waals surface area contributed by atoms with Crippen LogP contribution in [0.3, 0.4) is 0 Å². The Morgan fingerprint density at radius 1 is 0.500 bits per heavy atom. The average molecular weight is 528 g/mol. The number of hydrogen-bond donors (Lipinski definition) is 0. The summed E-state index contributed by atoms with van der Waals surface area (Å²) in [6.07, 6.45) is 0.991. The smallest absolute Gasteiger partial charge is 0.0638 e. The van der Waals surface area contributed by atoms with Crippen molar-refractivity contribution in [1.82, 2.24) is 4.57 Å². The van der Waals surface area contributed by atoms with Gasteiger partial charge in [0.15, 0.2) is 0 Å². The molecule has 0 radical (unpaired) electrons. The van der Waals surface area contributed by atoms with Gasteiger partial charge in [0.05, 0.1) is 6.04 Å². The van der Waals surface area contributed by atoms with Crippen molar-refractivity contribution >= 4 is 53.3 Å². The monoisotopic (exact) mass is 527 g/mol. The van der Waals surface area contributed by atoms with Crippen LogP contribution in [0.4, 0.5) is 0 Å². The van der Waals surface area contributed by atoms with Gasteiger partial charge in [0.2, 0.25) is 0 Å². The molecule has 188 valence electrons. The van der Waals surface area contributed by atoms with Gasteiger partial charge in [0.1, 0.15) is 0 Å². The summed E-state index contributed by atoms with van der Waals surface area (Å²) in [6, 6.07) is 49.8. The zero-order valence-corrected chi connectivity index (χ0v) is 22.7. The first-order valence-electron chi connectivity index (χ1n) is 13.9. The highest BCUT2D eigenvalue weighted by Gasteiger charge is 2.28. The normalized spacial score (nSPS) is 14.7. The molecule has 2 heteroatoms. The third-order valence-electron chi connectivity index (χ3n) is 8.77. The molecule has 0 fully saturated rings. The van der Waals surface area contributed by atoms with E-state index >= 15 is 0 Å². The maximum atomic E-state index is 2.60. The molecule has 0 bridgehead atoms. The fourth-order valence-electron chi connectivity index (χ4n) is 6.97.